The summed E-state index contributed by atoms with van der Waals surface area (Å²) in [5, 5.41) is 1.21. The number of alkyl halides is 1. The molecule has 1 nitrogen and oxygen atoms in total. The molecule has 0 amide bonds. The monoisotopic (exact) mass is 360 g/mol. The zero-order valence-electron chi connectivity index (χ0n) is 13.3. The predicted molar refractivity (Wildman–Crippen MR) is 94.6 cm³/mol. The molecule has 1 aliphatic heterocycles. The zero-order valence-corrected chi connectivity index (χ0v) is 16.0. The Bertz CT molecular complexity index is 245. The second-order valence-electron chi connectivity index (χ2n) is 7.17. The average molecular weight is 361 g/mol. The summed E-state index contributed by atoms with van der Waals surface area (Å²) < 4.78 is 5.20. The largest absolute Gasteiger partial charge is 0.385 e. The van der Waals surface area contributed by atoms with Gasteiger partial charge in [0.15, 0.2) is 0 Å². The Labute approximate surface area is 136 Å². The molecule has 0 aromatic rings. The number of ether oxygens (including phenoxy) is 1. The minimum atomic E-state index is -0.360. The summed E-state index contributed by atoms with van der Waals surface area (Å²) in [5.74, 6) is 3.23. The van der Waals surface area contributed by atoms with Crippen LogP contribution in [0, 0.1) is 17.8 Å². The smallest absolute Gasteiger partial charge is 0.0459 e. The van der Waals surface area contributed by atoms with E-state index in [0.717, 1.165) is 24.4 Å². The molecule has 118 valence electrons. The molecular weight excluding hydrogens is 328 g/mol. The van der Waals surface area contributed by atoms with E-state index in [-0.39, 0.29) is 8.80 Å². The predicted octanol–water partition coefficient (Wildman–Crippen LogP) is 5.25. The molecule has 0 bridgehead atoms. The van der Waals surface area contributed by atoms with Crippen molar-refractivity contribution in [3.63, 3.8) is 0 Å². The fourth-order valence-corrected chi connectivity index (χ4v) is 8.62. The Hall–Kier alpha value is 0.657. The van der Waals surface area contributed by atoms with Gasteiger partial charge in [0.05, 0.1) is 0 Å². The third-order valence-electron chi connectivity index (χ3n) is 5.93. The van der Waals surface area contributed by atoms with E-state index in [1.165, 1.54) is 43.9 Å². The summed E-state index contributed by atoms with van der Waals surface area (Å²) in [6, 6.07) is 4.81. The topological polar surface area (TPSA) is 9.23 Å². The van der Waals surface area contributed by atoms with Crippen LogP contribution >= 0.6 is 15.9 Å². The molecule has 3 heteroatoms. The van der Waals surface area contributed by atoms with Crippen molar-refractivity contribution in [3.8, 4) is 0 Å². The number of halogens is 1. The van der Waals surface area contributed by atoms with Gasteiger partial charge in [-0.2, -0.15) is 0 Å². The maximum absolute atomic E-state index is 5.20. The van der Waals surface area contributed by atoms with E-state index in [1.807, 2.05) is 7.11 Å². The standard InChI is InChI=1S/C17H33BrOSi/c1-19-11-2-12-20-13-8-17(9-14-20)16-5-3-15(4-6-16)7-10-18/h15-17,20H,2-14H2,1H3/t15-,16-,17?,20?. The molecule has 2 aliphatic rings. The van der Waals surface area contributed by atoms with Crippen LogP contribution in [-0.2, 0) is 4.74 Å². The van der Waals surface area contributed by atoms with Crippen LogP contribution in [0.1, 0.15) is 51.4 Å². The van der Waals surface area contributed by atoms with Crippen LogP contribution in [0.5, 0.6) is 0 Å². The third kappa shape index (κ3) is 5.45. The lowest BCUT2D eigenvalue weighted by molar-refractivity contribution is 0.188. The molecule has 2 rings (SSSR count). The number of hydrogen-bond acceptors (Lipinski definition) is 1. The average Bonchev–Trinajstić information content (AvgIpc) is 2.49. The lowest BCUT2D eigenvalue weighted by Gasteiger charge is -2.37. The number of rotatable bonds is 7. The summed E-state index contributed by atoms with van der Waals surface area (Å²) >= 11 is 3.60. The molecule has 0 spiro atoms. The highest BCUT2D eigenvalue weighted by Gasteiger charge is 2.30. The molecule has 0 atom stereocenters. The Morgan fingerprint density at radius 1 is 1.00 bits per heavy atom. The Morgan fingerprint density at radius 2 is 1.65 bits per heavy atom. The van der Waals surface area contributed by atoms with Crippen molar-refractivity contribution >= 4 is 24.7 Å². The molecule has 0 unspecified atom stereocenters. The van der Waals surface area contributed by atoms with Gasteiger partial charge in [-0.1, -0.05) is 59.7 Å². The second-order valence-corrected chi connectivity index (χ2v) is 11.4. The van der Waals surface area contributed by atoms with Gasteiger partial charge in [-0.25, -0.2) is 0 Å². The van der Waals surface area contributed by atoms with Crippen molar-refractivity contribution in [3.05, 3.63) is 0 Å². The van der Waals surface area contributed by atoms with Crippen LogP contribution < -0.4 is 0 Å². The van der Waals surface area contributed by atoms with Gasteiger partial charge in [-0.05, 0) is 43.4 Å². The highest BCUT2D eigenvalue weighted by molar-refractivity contribution is 9.09. The van der Waals surface area contributed by atoms with E-state index >= 15 is 0 Å². The molecule has 20 heavy (non-hydrogen) atoms. The molecule has 1 saturated carbocycles. The lowest BCUT2D eigenvalue weighted by atomic mass is 9.73. The second kappa shape index (κ2) is 9.63. The molecule has 1 saturated heterocycles. The summed E-state index contributed by atoms with van der Waals surface area (Å²) in [4.78, 5) is 0. The number of hydrogen-bond donors (Lipinski definition) is 0. The molecule has 1 aliphatic carbocycles. The van der Waals surface area contributed by atoms with Crippen molar-refractivity contribution in [1.82, 2.24) is 0 Å². The molecule has 2 fully saturated rings. The molecule has 0 aromatic heterocycles. The summed E-state index contributed by atoms with van der Waals surface area (Å²) in [6.45, 7) is 0.991. The first kappa shape index (κ1) is 17.0. The van der Waals surface area contributed by atoms with Crippen molar-refractivity contribution < 1.29 is 4.74 Å². The fourth-order valence-electron chi connectivity index (χ4n) is 4.57. The van der Waals surface area contributed by atoms with E-state index in [4.69, 9.17) is 4.74 Å². The van der Waals surface area contributed by atoms with E-state index in [9.17, 15) is 0 Å². The Kier molecular flexibility index (Phi) is 8.19. The fraction of sp³-hybridized carbons (Fsp3) is 1.00. The summed E-state index contributed by atoms with van der Waals surface area (Å²) in [5.41, 5.74) is 0. The van der Waals surface area contributed by atoms with Crippen LogP contribution in [0.25, 0.3) is 0 Å². The minimum Gasteiger partial charge on any atom is -0.385 e. The van der Waals surface area contributed by atoms with Crippen LogP contribution in [0.15, 0.2) is 0 Å². The molecule has 0 aromatic carbocycles. The van der Waals surface area contributed by atoms with Crippen molar-refractivity contribution in [2.24, 2.45) is 17.8 Å². The van der Waals surface area contributed by atoms with Crippen molar-refractivity contribution in [1.29, 1.82) is 0 Å². The van der Waals surface area contributed by atoms with Gasteiger partial charge in [0, 0.05) is 27.8 Å². The van der Waals surface area contributed by atoms with Gasteiger partial charge in [-0.3, -0.25) is 0 Å². The molecule has 0 radical (unpaired) electrons. The summed E-state index contributed by atoms with van der Waals surface area (Å²) in [6.07, 6.45) is 12.0. The van der Waals surface area contributed by atoms with Gasteiger partial charge < -0.3 is 4.74 Å². The molecule has 0 N–H and O–H groups in total. The van der Waals surface area contributed by atoms with Crippen LogP contribution in [-0.4, -0.2) is 27.8 Å². The SMILES string of the molecule is COCCC[SiH]1CCC([C@H]2CC[C@H](CCBr)CC2)CC1. The van der Waals surface area contributed by atoms with Crippen molar-refractivity contribution in [2.75, 3.05) is 19.0 Å². The van der Waals surface area contributed by atoms with Gasteiger partial charge in [0.25, 0.3) is 0 Å². The normalized spacial score (nSPS) is 35.1. The first-order valence-electron chi connectivity index (χ1n) is 8.88. The zero-order chi connectivity index (χ0) is 14.2. The van der Waals surface area contributed by atoms with E-state index in [1.54, 1.807) is 31.0 Å². The first-order valence-corrected chi connectivity index (χ1v) is 12.5. The van der Waals surface area contributed by atoms with Crippen LogP contribution in [0.2, 0.25) is 18.1 Å². The highest BCUT2D eigenvalue weighted by Crippen LogP contribution is 2.41. The van der Waals surface area contributed by atoms with Gasteiger partial charge in [-0.15, -0.1) is 0 Å². The van der Waals surface area contributed by atoms with Crippen LogP contribution in [0.4, 0.5) is 0 Å². The maximum atomic E-state index is 5.20. The maximum Gasteiger partial charge on any atom is 0.0459 e. The van der Waals surface area contributed by atoms with Gasteiger partial charge in [0.2, 0.25) is 0 Å². The minimum absolute atomic E-state index is 0.360. The summed E-state index contributed by atoms with van der Waals surface area (Å²) in [7, 11) is 1.48. The van der Waals surface area contributed by atoms with Crippen molar-refractivity contribution in [2.45, 2.75) is 69.5 Å². The molecular formula is C17H33BrOSi. The Balaban J connectivity index is 1.62. The van der Waals surface area contributed by atoms with E-state index in [2.05, 4.69) is 15.9 Å². The molecule has 1 heterocycles. The van der Waals surface area contributed by atoms with Gasteiger partial charge in [0.1, 0.15) is 0 Å². The Morgan fingerprint density at radius 3 is 2.25 bits per heavy atom. The number of methoxy groups -OCH3 is 1. The first-order chi connectivity index (χ1) is 9.83. The van der Waals surface area contributed by atoms with Gasteiger partial charge >= 0.3 is 0 Å². The highest BCUT2D eigenvalue weighted by atomic mass is 79.9. The third-order valence-corrected chi connectivity index (χ3v) is 9.91. The van der Waals surface area contributed by atoms with Crippen LogP contribution in [0.3, 0.4) is 0 Å². The van der Waals surface area contributed by atoms with E-state index in [0.29, 0.717) is 0 Å². The quantitative estimate of drug-likeness (QED) is 0.342. The lowest BCUT2D eigenvalue weighted by Crippen LogP contribution is -2.28. The van der Waals surface area contributed by atoms with E-state index < -0.39 is 0 Å².